The Morgan fingerprint density at radius 2 is 2.00 bits per heavy atom. The second-order valence-corrected chi connectivity index (χ2v) is 4.35. The summed E-state index contributed by atoms with van der Waals surface area (Å²) in [6, 6.07) is 8.15. The topological polar surface area (TPSA) is 30.5 Å². The van der Waals surface area contributed by atoms with Gasteiger partial charge >= 0.3 is 0 Å². The molecule has 0 heterocycles. The molecule has 0 radical (unpaired) electrons. The third-order valence-electron chi connectivity index (χ3n) is 2.67. The van der Waals surface area contributed by atoms with Gasteiger partial charge in [-0.25, -0.2) is 0 Å². The lowest BCUT2D eigenvalue weighted by Gasteiger charge is -2.08. The van der Waals surface area contributed by atoms with Crippen LogP contribution in [0.25, 0.3) is 0 Å². The van der Waals surface area contributed by atoms with Crippen molar-refractivity contribution in [2.24, 2.45) is 0 Å². The van der Waals surface area contributed by atoms with E-state index < -0.39 is 0 Å². The van der Waals surface area contributed by atoms with Gasteiger partial charge in [0, 0.05) is 13.2 Å². The molecule has 18 heavy (non-hydrogen) atoms. The predicted molar refractivity (Wildman–Crippen MR) is 75.0 cm³/mol. The average Bonchev–Trinajstić information content (AvgIpc) is 2.39. The van der Waals surface area contributed by atoms with Gasteiger partial charge in [0.1, 0.15) is 12.4 Å². The monoisotopic (exact) mass is 251 g/mol. The summed E-state index contributed by atoms with van der Waals surface area (Å²) in [6.07, 6.45) is 3.62. The molecule has 0 bridgehead atoms. The largest absolute Gasteiger partial charge is 0.491 e. The zero-order valence-corrected chi connectivity index (χ0v) is 11.6. The maximum absolute atomic E-state index is 5.65. The molecular formula is C15H25NO2. The van der Waals surface area contributed by atoms with Crippen molar-refractivity contribution in [2.45, 2.75) is 32.7 Å². The molecule has 0 aliphatic carbocycles. The van der Waals surface area contributed by atoms with Gasteiger partial charge in [0.15, 0.2) is 0 Å². The van der Waals surface area contributed by atoms with Crippen molar-refractivity contribution in [3.63, 3.8) is 0 Å². The molecule has 3 nitrogen and oxygen atoms in total. The highest BCUT2D eigenvalue weighted by atomic mass is 16.5. The average molecular weight is 251 g/mol. The summed E-state index contributed by atoms with van der Waals surface area (Å²) < 4.78 is 11.1. The first kappa shape index (κ1) is 15.0. The van der Waals surface area contributed by atoms with E-state index in [0.717, 1.165) is 25.3 Å². The van der Waals surface area contributed by atoms with Crippen molar-refractivity contribution in [1.82, 2.24) is 5.32 Å². The summed E-state index contributed by atoms with van der Waals surface area (Å²) in [7, 11) is 1.94. The number of benzene rings is 1. The molecule has 0 aliphatic heterocycles. The number of rotatable bonds is 10. The smallest absolute Gasteiger partial charge is 0.119 e. The molecule has 102 valence electrons. The van der Waals surface area contributed by atoms with Crippen LogP contribution in [0.15, 0.2) is 24.3 Å². The van der Waals surface area contributed by atoms with Crippen LogP contribution in [-0.2, 0) is 11.3 Å². The van der Waals surface area contributed by atoms with Gasteiger partial charge in [-0.1, -0.05) is 31.9 Å². The Labute approximate surface area is 110 Å². The normalized spacial score (nSPS) is 10.6. The highest BCUT2D eigenvalue weighted by Crippen LogP contribution is 2.12. The summed E-state index contributed by atoms with van der Waals surface area (Å²) in [5.74, 6) is 0.917. The Hall–Kier alpha value is -1.06. The molecule has 0 atom stereocenters. The molecule has 0 unspecified atom stereocenters. The molecule has 1 rings (SSSR count). The summed E-state index contributed by atoms with van der Waals surface area (Å²) in [6.45, 7) is 5.19. The lowest BCUT2D eigenvalue weighted by molar-refractivity contribution is 0.0973. The molecular weight excluding hydrogens is 226 g/mol. The molecule has 0 amide bonds. The van der Waals surface area contributed by atoms with E-state index in [1.807, 2.05) is 19.2 Å². The predicted octanol–water partition coefficient (Wildman–Crippen LogP) is 2.99. The summed E-state index contributed by atoms with van der Waals surface area (Å²) >= 11 is 0. The third-order valence-corrected chi connectivity index (χ3v) is 2.67. The molecule has 1 aromatic rings. The van der Waals surface area contributed by atoms with Gasteiger partial charge in [-0.3, -0.25) is 0 Å². The standard InChI is InChI=1S/C15H25NO2/c1-3-4-5-9-17-10-11-18-15-8-6-7-14(12-15)13-16-2/h6-8,12,16H,3-5,9-11,13H2,1-2H3. The van der Waals surface area contributed by atoms with Crippen molar-refractivity contribution >= 4 is 0 Å². The zero-order chi connectivity index (χ0) is 13.1. The maximum Gasteiger partial charge on any atom is 0.119 e. The van der Waals surface area contributed by atoms with Crippen molar-refractivity contribution < 1.29 is 9.47 Å². The van der Waals surface area contributed by atoms with Crippen LogP contribution in [0.1, 0.15) is 31.7 Å². The summed E-state index contributed by atoms with van der Waals surface area (Å²) in [4.78, 5) is 0. The molecule has 0 saturated carbocycles. The Balaban J connectivity index is 2.13. The third kappa shape index (κ3) is 6.62. The van der Waals surface area contributed by atoms with Crippen molar-refractivity contribution in [1.29, 1.82) is 0 Å². The Kier molecular flexibility index (Phi) is 8.26. The van der Waals surface area contributed by atoms with Crippen LogP contribution in [0.4, 0.5) is 0 Å². The minimum absolute atomic E-state index is 0.620. The van der Waals surface area contributed by atoms with E-state index in [1.165, 1.54) is 18.4 Å². The Morgan fingerprint density at radius 1 is 1.11 bits per heavy atom. The van der Waals surface area contributed by atoms with Crippen molar-refractivity contribution in [3.8, 4) is 5.75 Å². The maximum atomic E-state index is 5.65. The number of ether oxygens (including phenoxy) is 2. The van der Waals surface area contributed by atoms with Crippen LogP contribution in [0.2, 0.25) is 0 Å². The molecule has 0 fully saturated rings. The highest BCUT2D eigenvalue weighted by molar-refractivity contribution is 5.28. The highest BCUT2D eigenvalue weighted by Gasteiger charge is 1.96. The first-order valence-corrected chi connectivity index (χ1v) is 6.81. The van der Waals surface area contributed by atoms with Crippen LogP contribution in [-0.4, -0.2) is 26.9 Å². The number of hydrogen-bond acceptors (Lipinski definition) is 3. The Bertz CT molecular complexity index is 315. The van der Waals surface area contributed by atoms with Crippen LogP contribution >= 0.6 is 0 Å². The minimum Gasteiger partial charge on any atom is -0.491 e. The lowest BCUT2D eigenvalue weighted by Crippen LogP contribution is -2.08. The van der Waals surface area contributed by atoms with E-state index in [0.29, 0.717) is 13.2 Å². The van der Waals surface area contributed by atoms with E-state index in [-0.39, 0.29) is 0 Å². The second-order valence-electron chi connectivity index (χ2n) is 4.35. The molecule has 0 aromatic heterocycles. The van der Waals surface area contributed by atoms with Gasteiger partial charge in [-0.15, -0.1) is 0 Å². The first-order chi connectivity index (χ1) is 8.86. The molecule has 0 aliphatic rings. The van der Waals surface area contributed by atoms with Gasteiger partial charge in [0.25, 0.3) is 0 Å². The van der Waals surface area contributed by atoms with E-state index >= 15 is 0 Å². The molecule has 3 heteroatoms. The van der Waals surface area contributed by atoms with Gasteiger partial charge in [0.2, 0.25) is 0 Å². The molecule has 0 spiro atoms. The van der Waals surface area contributed by atoms with Crippen LogP contribution in [0.3, 0.4) is 0 Å². The summed E-state index contributed by atoms with van der Waals surface area (Å²) in [5, 5.41) is 3.13. The van der Waals surface area contributed by atoms with E-state index in [2.05, 4.69) is 24.4 Å². The second kappa shape index (κ2) is 9.92. The van der Waals surface area contributed by atoms with Crippen molar-refractivity contribution in [3.05, 3.63) is 29.8 Å². The summed E-state index contributed by atoms with van der Waals surface area (Å²) in [5.41, 5.74) is 1.24. The van der Waals surface area contributed by atoms with E-state index in [4.69, 9.17) is 9.47 Å². The minimum atomic E-state index is 0.620. The molecule has 1 aromatic carbocycles. The van der Waals surface area contributed by atoms with E-state index in [9.17, 15) is 0 Å². The van der Waals surface area contributed by atoms with Gasteiger partial charge < -0.3 is 14.8 Å². The SMILES string of the molecule is CCCCCOCCOc1cccc(CNC)c1. The van der Waals surface area contributed by atoms with Gasteiger partial charge in [-0.05, 0) is 31.2 Å². The van der Waals surface area contributed by atoms with E-state index in [1.54, 1.807) is 0 Å². The van der Waals surface area contributed by atoms with Gasteiger partial charge in [0.05, 0.1) is 6.61 Å². The van der Waals surface area contributed by atoms with Crippen molar-refractivity contribution in [2.75, 3.05) is 26.9 Å². The van der Waals surface area contributed by atoms with Crippen LogP contribution < -0.4 is 10.1 Å². The Morgan fingerprint density at radius 3 is 2.78 bits per heavy atom. The van der Waals surface area contributed by atoms with Crippen LogP contribution in [0, 0.1) is 0 Å². The van der Waals surface area contributed by atoms with Gasteiger partial charge in [-0.2, -0.15) is 0 Å². The quantitative estimate of drug-likeness (QED) is 0.648. The fraction of sp³-hybridized carbons (Fsp3) is 0.600. The first-order valence-electron chi connectivity index (χ1n) is 6.81. The molecule has 1 N–H and O–H groups in total. The van der Waals surface area contributed by atoms with Crippen LogP contribution in [0.5, 0.6) is 5.75 Å². The number of nitrogens with one attached hydrogen (secondary N) is 1. The fourth-order valence-corrected chi connectivity index (χ4v) is 1.72. The number of hydrogen-bond donors (Lipinski definition) is 1. The zero-order valence-electron chi connectivity index (χ0n) is 11.6. The number of unbranched alkanes of at least 4 members (excludes halogenated alkanes) is 2. The lowest BCUT2D eigenvalue weighted by atomic mass is 10.2. The molecule has 0 saturated heterocycles. The fourth-order valence-electron chi connectivity index (χ4n) is 1.72.